The average molecular weight is 461 g/mol. The first-order valence-electron chi connectivity index (χ1n) is 11.2. The number of aryl methyl sites for hydroxylation is 1. The van der Waals surface area contributed by atoms with Crippen LogP contribution in [-0.4, -0.2) is 83.1 Å². The van der Waals surface area contributed by atoms with Gasteiger partial charge in [-0.3, -0.25) is 14.3 Å². The molecule has 1 aliphatic rings. The number of carbonyl (C=O) groups excluding carboxylic acids is 1. The van der Waals surface area contributed by atoms with Gasteiger partial charge in [-0.1, -0.05) is 25.5 Å². The Morgan fingerprint density at radius 3 is 2.61 bits per heavy atom. The van der Waals surface area contributed by atoms with Crippen molar-refractivity contribution in [3.05, 3.63) is 47.8 Å². The van der Waals surface area contributed by atoms with Crippen molar-refractivity contribution in [1.29, 1.82) is 0 Å². The van der Waals surface area contributed by atoms with Crippen LogP contribution in [-0.2, 0) is 16.6 Å². The molecule has 1 saturated heterocycles. The van der Waals surface area contributed by atoms with Crippen LogP contribution in [0.15, 0.2) is 36.7 Å². The van der Waals surface area contributed by atoms with E-state index in [2.05, 4.69) is 16.9 Å². The molecule has 1 aromatic heterocycles. The zero-order valence-electron chi connectivity index (χ0n) is 20.2. The van der Waals surface area contributed by atoms with E-state index in [1.54, 1.807) is 4.68 Å². The van der Waals surface area contributed by atoms with E-state index in [0.29, 0.717) is 31.1 Å². The van der Waals surface area contributed by atoms with E-state index in [4.69, 9.17) is 19.4 Å². The number of ether oxygens (including phenoxy) is 2. The van der Waals surface area contributed by atoms with Crippen molar-refractivity contribution in [3.63, 3.8) is 0 Å². The van der Waals surface area contributed by atoms with E-state index in [0.717, 1.165) is 31.9 Å². The summed E-state index contributed by atoms with van der Waals surface area (Å²) in [5.41, 5.74) is 1.58. The highest BCUT2D eigenvalue weighted by Gasteiger charge is 2.38. The standard InChI is InChI=1S/C22H32N4O3.C2H4O2/c1-5-6-12-28-19-10-8-7-9-18(19)22(27)26-11-13-29-20(16-24(2)3)21(26)17-14-23-25(4)15-17;1-2(3)4/h7-10,14-15,20-21H,5-6,11-13,16H2,1-4H3;1H3,(H,3,4)/t20-,21-;/m0./s1. The maximum atomic E-state index is 13.6. The van der Waals surface area contributed by atoms with Gasteiger partial charge >= 0.3 is 0 Å². The summed E-state index contributed by atoms with van der Waals surface area (Å²) in [6, 6.07) is 7.32. The average Bonchev–Trinajstić information content (AvgIpc) is 3.18. The van der Waals surface area contributed by atoms with Crippen LogP contribution in [0.4, 0.5) is 0 Å². The van der Waals surface area contributed by atoms with E-state index in [-0.39, 0.29) is 18.1 Å². The van der Waals surface area contributed by atoms with Crippen LogP contribution in [0.3, 0.4) is 0 Å². The number of unbranched alkanes of at least 4 members (excludes halogenated alkanes) is 1. The Hall–Kier alpha value is -2.91. The summed E-state index contributed by atoms with van der Waals surface area (Å²) in [6.07, 6.45) is 5.68. The number of carboxylic acids is 1. The molecule has 2 heterocycles. The van der Waals surface area contributed by atoms with Crippen LogP contribution in [0, 0.1) is 0 Å². The molecule has 2 aromatic rings. The summed E-state index contributed by atoms with van der Waals surface area (Å²) in [4.78, 5) is 26.6. The molecule has 1 amide bonds. The Kier molecular flexibility index (Phi) is 10.3. The molecule has 0 spiro atoms. The summed E-state index contributed by atoms with van der Waals surface area (Å²) in [5, 5.41) is 11.7. The first-order valence-corrected chi connectivity index (χ1v) is 11.2. The zero-order chi connectivity index (χ0) is 24.4. The van der Waals surface area contributed by atoms with Gasteiger partial charge in [0.2, 0.25) is 0 Å². The molecule has 0 aliphatic carbocycles. The number of hydrogen-bond donors (Lipinski definition) is 1. The number of para-hydroxylation sites is 1. The molecule has 1 aliphatic heterocycles. The normalized spacial score (nSPS) is 17.9. The van der Waals surface area contributed by atoms with E-state index in [9.17, 15) is 4.79 Å². The van der Waals surface area contributed by atoms with Gasteiger partial charge in [-0.25, -0.2) is 0 Å². The van der Waals surface area contributed by atoms with Gasteiger partial charge in [0.15, 0.2) is 0 Å². The first kappa shape index (κ1) is 26.3. The molecule has 1 N–H and O–H groups in total. The number of carbonyl (C=O) groups is 2. The van der Waals surface area contributed by atoms with Gasteiger partial charge < -0.3 is 24.4 Å². The van der Waals surface area contributed by atoms with Crippen molar-refractivity contribution < 1.29 is 24.2 Å². The summed E-state index contributed by atoms with van der Waals surface area (Å²) < 4.78 is 13.8. The molecule has 0 radical (unpaired) electrons. The van der Waals surface area contributed by atoms with Crippen LogP contribution in [0.5, 0.6) is 5.75 Å². The molecule has 182 valence electrons. The van der Waals surface area contributed by atoms with Crippen molar-refractivity contribution in [2.24, 2.45) is 7.05 Å². The summed E-state index contributed by atoms with van der Waals surface area (Å²) in [6.45, 7) is 5.58. The molecule has 0 bridgehead atoms. The maximum absolute atomic E-state index is 13.6. The lowest BCUT2D eigenvalue weighted by Gasteiger charge is -2.42. The fourth-order valence-electron chi connectivity index (χ4n) is 3.71. The maximum Gasteiger partial charge on any atom is 0.300 e. The number of rotatable bonds is 8. The number of benzene rings is 1. The van der Waals surface area contributed by atoms with Crippen LogP contribution in [0.25, 0.3) is 0 Å². The molecular formula is C24H36N4O5. The second-order valence-corrected chi connectivity index (χ2v) is 8.28. The highest BCUT2D eigenvalue weighted by Crippen LogP contribution is 2.33. The van der Waals surface area contributed by atoms with Crippen molar-refractivity contribution in [3.8, 4) is 5.75 Å². The third-order valence-corrected chi connectivity index (χ3v) is 5.10. The molecule has 9 nitrogen and oxygen atoms in total. The Balaban J connectivity index is 0.000000890. The smallest absolute Gasteiger partial charge is 0.300 e. The predicted molar refractivity (Wildman–Crippen MR) is 125 cm³/mol. The number of nitrogens with zero attached hydrogens (tertiary/aromatic N) is 4. The second-order valence-electron chi connectivity index (χ2n) is 8.28. The Morgan fingerprint density at radius 1 is 1.30 bits per heavy atom. The van der Waals surface area contributed by atoms with Gasteiger partial charge in [-0.15, -0.1) is 0 Å². The quantitative estimate of drug-likeness (QED) is 0.605. The lowest BCUT2D eigenvalue weighted by Crippen LogP contribution is -2.51. The van der Waals surface area contributed by atoms with Crippen molar-refractivity contribution >= 4 is 11.9 Å². The molecule has 1 aromatic carbocycles. The van der Waals surface area contributed by atoms with Gasteiger partial charge in [0.25, 0.3) is 11.9 Å². The Bertz CT molecular complexity index is 894. The molecule has 0 unspecified atom stereocenters. The van der Waals surface area contributed by atoms with Crippen molar-refractivity contribution in [2.75, 3.05) is 40.4 Å². The molecule has 33 heavy (non-hydrogen) atoms. The molecule has 9 heteroatoms. The van der Waals surface area contributed by atoms with Gasteiger partial charge in [-0.05, 0) is 32.6 Å². The van der Waals surface area contributed by atoms with Gasteiger partial charge in [0, 0.05) is 38.8 Å². The molecule has 0 saturated carbocycles. The van der Waals surface area contributed by atoms with Crippen LogP contribution in [0.1, 0.15) is 48.7 Å². The van der Waals surface area contributed by atoms with Crippen molar-refractivity contribution in [2.45, 2.75) is 38.8 Å². The number of hydrogen-bond acceptors (Lipinski definition) is 6. The van der Waals surface area contributed by atoms with E-state index >= 15 is 0 Å². The minimum absolute atomic E-state index is 0.0296. The third kappa shape index (κ3) is 7.87. The van der Waals surface area contributed by atoms with Gasteiger partial charge in [0.1, 0.15) is 5.75 Å². The Labute approximate surface area is 195 Å². The highest BCUT2D eigenvalue weighted by molar-refractivity contribution is 5.97. The van der Waals surface area contributed by atoms with Gasteiger partial charge in [0.05, 0.1) is 37.1 Å². The number of amides is 1. The SMILES string of the molecule is CC(=O)O.CCCCOc1ccccc1C(=O)N1CCO[C@@H](CN(C)C)[C@@H]1c1cnn(C)c1. The topological polar surface area (TPSA) is 97.1 Å². The number of morpholine rings is 1. The fraction of sp³-hybridized carbons (Fsp3) is 0.542. The zero-order valence-corrected chi connectivity index (χ0v) is 20.2. The second kappa shape index (κ2) is 13.0. The predicted octanol–water partition coefficient (Wildman–Crippen LogP) is 2.83. The number of aromatic nitrogens is 2. The number of carboxylic acid groups (broad SMARTS) is 1. The third-order valence-electron chi connectivity index (χ3n) is 5.10. The minimum Gasteiger partial charge on any atom is -0.493 e. The molecule has 3 rings (SSSR count). The molecule has 2 atom stereocenters. The van der Waals surface area contributed by atoms with Crippen molar-refractivity contribution in [1.82, 2.24) is 19.6 Å². The Morgan fingerprint density at radius 2 is 2.00 bits per heavy atom. The van der Waals surface area contributed by atoms with Crippen LogP contribution < -0.4 is 4.74 Å². The largest absolute Gasteiger partial charge is 0.493 e. The first-order chi connectivity index (χ1) is 15.7. The monoisotopic (exact) mass is 460 g/mol. The lowest BCUT2D eigenvalue weighted by atomic mass is 9.99. The number of likely N-dealkylation sites (N-methyl/N-ethyl adjacent to an activating group) is 1. The van der Waals surface area contributed by atoms with Crippen LogP contribution in [0.2, 0.25) is 0 Å². The van der Waals surface area contributed by atoms with Gasteiger partial charge in [-0.2, -0.15) is 5.10 Å². The summed E-state index contributed by atoms with van der Waals surface area (Å²) >= 11 is 0. The summed E-state index contributed by atoms with van der Waals surface area (Å²) in [7, 11) is 5.92. The summed E-state index contributed by atoms with van der Waals surface area (Å²) in [5.74, 6) is -0.218. The molecular weight excluding hydrogens is 424 g/mol. The lowest BCUT2D eigenvalue weighted by molar-refractivity contribution is -0.134. The fourth-order valence-corrected chi connectivity index (χ4v) is 3.71. The highest BCUT2D eigenvalue weighted by atomic mass is 16.5. The molecule has 1 fully saturated rings. The van der Waals surface area contributed by atoms with E-state index in [1.807, 2.05) is 62.7 Å². The number of aliphatic carboxylic acids is 1. The van der Waals surface area contributed by atoms with Crippen LogP contribution >= 0.6 is 0 Å². The van der Waals surface area contributed by atoms with E-state index < -0.39 is 5.97 Å². The van der Waals surface area contributed by atoms with E-state index in [1.165, 1.54) is 0 Å². The minimum atomic E-state index is -0.833.